The normalized spacial score (nSPS) is 10.1. The number of nitrogens with one attached hydrogen (secondary N) is 1. The second-order valence-corrected chi connectivity index (χ2v) is 4.87. The summed E-state index contributed by atoms with van der Waals surface area (Å²) in [7, 11) is 0. The molecule has 0 heterocycles. The fourth-order valence-electron chi connectivity index (χ4n) is 2.16. The molecule has 120 valence electrons. The lowest BCUT2D eigenvalue weighted by Gasteiger charge is -2.08. The van der Waals surface area contributed by atoms with E-state index in [2.05, 4.69) is 5.32 Å². The minimum absolute atomic E-state index is 0.136. The highest BCUT2D eigenvalue weighted by atomic mass is 16.6. The highest BCUT2D eigenvalue weighted by Crippen LogP contribution is 2.26. The predicted octanol–water partition coefficient (Wildman–Crippen LogP) is 3.43. The zero-order valence-electron chi connectivity index (χ0n) is 12.8. The van der Waals surface area contributed by atoms with Gasteiger partial charge < -0.3 is 10.1 Å². The lowest BCUT2D eigenvalue weighted by Crippen LogP contribution is -2.09. The van der Waals surface area contributed by atoms with Crippen molar-refractivity contribution in [3.63, 3.8) is 0 Å². The molecule has 0 saturated carbocycles. The van der Waals surface area contributed by atoms with Crippen LogP contribution in [-0.2, 0) is 11.2 Å². The van der Waals surface area contributed by atoms with Crippen molar-refractivity contribution in [2.24, 2.45) is 0 Å². The summed E-state index contributed by atoms with van der Waals surface area (Å²) in [6.07, 6.45) is 0.748. The monoisotopic (exact) mass is 314 g/mol. The van der Waals surface area contributed by atoms with Crippen molar-refractivity contribution in [2.45, 2.75) is 13.3 Å². The summed E-state index contributed by atoms with van der Waals surface area (Å²) >= 11 is 0. The van der Waals surface area contributed by atoms with Gasteiger partial charge in [0, 0.05) is 12.6 Å². The minimum atomic E-state index is -0.563. The fourth-order valence-corrected chi connectivity index (χ4v) is 2.16. The molecule has 0 bridgehead atoms. The summed E-state index contributed by atoms with van der Waals surface area (Å²) < 4.78 is 4.86. The van der Waals surface area contributed by atoms with Crippen molar-refractivity contribution in [3.05, 3.63) is 69.8 Å². The van der Waals surface area contributed by atoms with Crippen molar-refractivity contribution in [3.8, 4) is 0 Å². The van der Waals surface area contributed by atoms with E-state index in [1.165, 1.54) is 18.2 Å². The highest BCUT2D eigenvalue weighted by Gasteiger charge is 2.17. The van der Waals surface area contributed by atoms with E-state index >= 15 is 0 Å². The van der Waals surface area contributed by atoms with Gasteiger partial charge in [-0.1, -0.05) is 30.3 Å². The number of rotatable bonds is 7. The number of carbonyl (C=O) groups is 1. The van der Waals surface area contributed by atoms with Crippen LogP contribution < -0.4 is 5.32 Å². The Balaban J connectivity index is 2.08. The van der Waals surface area contributed by atoms with E-state index in [0.717, 1.165) is 12.0 Å². The van der Waals surface area contributed by atoms with E-state index < -0.39 is 10.9 Å². The van der Waals surface area contributed by atoms with Gasteiger partial charge in [0.15, 0.2) is 0 Å². The molecule has 0 unspecified atom stereocenters. The van der Waals surface area contributed by atoms with Gasteiger partial charge in [0.05, 0.1) is 17.1 Å². The number of benzene rings is 2. The Hall–Kier alpha value is -2.89. The third kappa shape index (κ3) is 4.54. The maximum Gasteiger partial charge on any atom is 0.338 e. The van der Waals surface area contributed by atoms with E-state index in [0.29, 0.717) is 12.2 Å². The Morgan fingerprint density at radius 1 is 1.22 bits per heavy atom. The first-order valence-corrected chi connectivity index (χ1v) is 7.35. The van der Waals surface area contributed by atoms with Crippen LogP contribution in [0.25, 0.3) is 0 Å². The smallest absolute Gasteiger partial charge is 0.338 e. The Morgan fingerprint density at radius 2 is 1.96 bits per heavy atom. The lowest BCUT2D eigenvalue weighted by molar-refractivity contribution is -0.384. The number of nitrogens with zero attached hydrogens (tertiary/aromatic N) is 1. The van der Waals surface area contributed by atoms with E-state index in [1.54, 1.807) is 6.92 Å². The minimum Gasteiger partial charge on any atom is -0.462 e. The molecule has 0 aliphatic carbocycles. The van der Waals surface area contributed by atoms with Crippen molar-refractivity contribution in [1.29, 1.82) is 0 Å². The molecular weight excluding hydrogens is 296 g/mol. The van der Waals surface area contributed by atoms with Gasteiger partial charge in [-0.15, -0.1) is 0 Å². The Bertz CT molecular complexity index is 686. The lowest BCUT2D eigenvalue weighted by atomic mass is 10.1. The van der Waals surface area contributed by atoms with E-state index in [9.17, 15) is 14.9 Å². The average molecular weight is 314 g/mol. The maximum atomic E-state index is 11.7. The number of anilines is 1. The molecule has 2 aromatic rings. The first-order valence-electron chi connectivity index (χ1n) is 7.35. The molecule has 6 nitrogen and oxygen atoms in total. The molecule has 0 aliphatic rings. The number of nitro benzene ring substituents is 1. The molecule has 0 fully saturated rings. The van der Waals surface area contributed by atoms with Crippen molar-refractivity contribution in [2.75, 3.05) is 18.5 Å². The van der Waals surface area contributed by atoms with Crippen LogP contribution in [0.2, 0.25) is 0 Å². The molecule has 0 amide bonds. The number of carbonyl (C=O) groups excluding carboxylic acids is 1. The Morgan fingerprint density at radius 3 is 2.61 bits per heavy atom. The van der Waals surface area contributed by atoms with E-state index in [4.69, 9.17) is 4.74 Å². The summed E-state index contributed by atoms with van der Waals surface area (Å²) in [5, 5.41) is 14.2. The Kier molecular flexibility index (Phi) is 5.68. The van der Waals surface area contributed by atoms with Gasteiger partial charge in [-0.25, -0.2) is 4.79 Å². The molecule has 1 N–H and O–H groups in total. The van der Waals surface area contributed by atoms with Gasteiger partial charge in [-0.3, -0.25) is 10.1 Å². The first kappa shape index (κ1) is 16.5. The predicted molar refractivity (Wildman–Crippen MR) is 87.7 cm³/mol. The van der Waals surface area contributed by atoms with Crippen LogP contribution >= 0.6 is 0 Å². The average Bonchev–Trinajstić information content (AvgIpc) is 2.56. The molecule has 0 saturated heterocycles. The first-order chi connectivity index (χ1) is 11.1. The number of hydrogen-bond acceptors (Lipinski definition) is 5. The molecule has 0 aliphatic heterocycles. The third-order valence-corrected chi connectivity index (χ3v) is 3.28. The van der Waals surface area contributed by atoms with Crippen LogP contribution in [0.1, 0.15) is 22.8 Å². The standard InChI is InChI=1S/C17H18N2O4/c1-2-23-17(20)14-8-9-15(16(12-14)19(21)22)18-11-10-13-6-4-3-5-7-13/h3-9,12,18H,2,10-11H2,1H3. The van der Waals surface area contributed by atoms with E-state index in [-0.39, 0.29) is 17.9 Å². The number of nitro groups is 1. The van der Waals surface area contributed by atoms with Gasteiger partial charge >= 0.3 is 5.97 Å². The summed E-state index contributed by atoms with van der Waals surface area (Å²) in [5.74, 6) is -0.563. The number of esters is 1. The molecular formula is C17H18N2O4. The molecule has 2 aromatic carbocycles. The zero-order chi connectivity index (χ0) is 16.7. The van der Waals surface area contributed by atoms with Gasteiger partial charge in [0.2, 0.25) is 0 Å². The zero-order valence-corrected chi connectivity index (χ0v) is 12.8. The molecule has 0 aromatic heterocycles. The van der Waals surface area contributed by atoms with Gasteiger partial charge in [0.1, 0.15) is 5.69 Å². The molecule has 2 rings (SSSR count). The molecule has 23 heavy (non-hydrogen) atoms. The Labute approximate surface area is 134 Å². The molecule has 0 spiro atoms. The number of ether oxygens (including phenoxy) is 1. The largest absolute Gasteiger partial charge is 0.462 e. The highest BCUT2D eigenvalue weighted by molar-refractivity contribution is 5.91. The maximum absolute atomic E-state index is 11.7. The van der Waals surface area contributed by atoms with Crippen LogP contribution in [0.5, 0.6) is 0 Å². The molecule has 6 heteroatoms. The van der Waals surface area contributed by atoms with E-state index in [1.807, 2.05) is 30.3 Å². The van der Waals surface area contributed by atoms with Gasteiger partial charge in [0.25, 0.3) is 5.69 Å². The van der Waals surface area contributed by atoms with Gasteiger partial charge in [-0.05, 0) is 31.0 Å². The summed E-state index contributed by atoms with van der Waals surface area (Å²) in [6.45, 7) is 2.47. The fraction of sp³-hybridized carbons (Fsp3) is 0.235. The second kappa shape index (κ2) is 7.93. The second-order valence-electron chi connectivity index (χ2n) is 4.87. The van der Waals surface area contributed by atoms with Crippen LogP contribution in [0, 0.1) is 10.1 Å². The summed E-state index contributed by atoms with van der Waals surface area (Å²) in [4.78, 5) is 22.4. The van der Waals surface area contributed by atoms with Crippen molar-refractivity contribution in [1.82, 2.24) is 0 Å². The van der Waals surface area contributed by atoms with Crippen LogP contribution in [0.4, 0.5) is 11.4 Å². The van der Waals surface area contributed by atoms with Crippen molar-refractivity contribution < 1.29 is 14.5 Å². The summed E-state index contributed by atoms with van der Waals surface area (Å²) in [5.41, 5.74) is 1.57. The van der Waals surface area contributed by atoms with Crippen molar-refractivity contribution >= 4 is 17.3 Å². The quantitative estimate of drug-likeness (QED) is 0.481. The SMILES string of the molecule is CCOC(=O)c1ccc(NCCc2ccccc2)c([N+](=O)[O-])c1. The third-order valence-electron chi connectivity index (χ3n) is 3.28. The van der Waals surface area contributed by atoms with Crippen LogP contribution in [0.3, 0.4) is 0 Å². The molecule has 0 atom stereocenters. The van der Waals surface area contributed by atoms with Gasteiger partial charge in [-0.2, -0.15) is 0 Å². The van der Waals surface area contributed by atoms with Crippen LogP contribution in [-0.4, -0.2) is 24.0 Å². The molecule has 0 radical (unpaired) electrons. The van der Waals surface area contributed by atoms with Crippen LogP contribution in [0.15, 0.2) is 48.5 Å². The summed E-state index contributed by atoms with van der Waals surface area (Å²) in [6, 6.07) is 14.1. The topological polar surface area (TPSA) is 81.5 Å². The number of hydrogen-bond donors (Lipinski definition) is 1.